The van der Waals surface area contributed by atoms with Gasteiger partial charge in [-0.15, -0.1) is 0 Å². The zero-order chi connectivity index (χ0) is 30.1. The summed E-state index contributed by atoms with van der Waals surface area (Å²) in [7, 11) is 0. The normalized spacial score (nSPS) is 13.3. The highest BCUT2D eigenvalue weighted by Gasteiger charge is 2.36. The van der Waals surface area contributed by atoms with Crippen molar-refractivity contribution >= 4 is 32.3 Å². The summed E-state index contributed by atoms with van der Waals surface area (Å²) >= 11 is 0. The van der Waals surface area contributed by atoms with Crippen molar-refractivity contribution in [3.63, 3.8) is 0 Å². The average molecular weight is 576 g/mol. The van der Waals surface area contributed by atoms with Gasteiger partial charge in [-0.2, -0.15) is 0 Å². The zero-order valence-corrected chi connectivity index (χ0v) is 25.1. The molecule has 7 aromatic carbocycles. The van der Waals surface area contributed by atoms with Crippen LogP contribution in [0.2, 0.25) is 0 Å². The van der Waals surface area contributed by atoms with Crippen molar-refractivity contribution in [1.82, 2.24) is 15.0 Å². The summed E-state index contributed by atoms with van der Waals surface area (Å²) < 4.78 is 0. The van der Waals surface area contributed by atoms with Crippen LogP contribution in [0.3, 0.4) is 0 Å². The molecule has 1 aliphatic rings. The van der Waals surface area contributed by atoms with Gasteiger partial charge < -0.3 is 0 Å². The molecule has 9 rings (SSSR count). The van der Waals surface area contributed by atoms with Crippen LogP contribution in [0.5, 0.6) is 0 Å². The highest BCUT2D eigenvalue weighted by atomic mass is 15.0. The van der Waals surface area contributed by atoms with Crippen LogP contribution in [-0.4, -0.2) is 15.0 Å². The Hall–Kier alpha value is -5.67. The fraction of sp³-hybridized carbons (Fsp3) is 0.0714. The fourth-order valence-corrected chi connectivity index (χ4v) is 7.17. The molecule has 0 bridgehead atoms. The predicted molar refractivity (Wildman–Crippen MR) is 186 cm³/mol. The molecule has 0 unspecified atom stereocenters. The van der Waals surface area contributed by atoms with Crippen molar-refractivity contribution in [3.05, 3.63) is 151 Å². The SMILES string of the molecule is CC1(C)c2ccccc2-c2c1ccc1cc(-c3nc(-c4ccc5ccccc5c4)nc(-c4cccc5ccccc45)n3)ccc21. The van der Waals surface area contributed by atoms with Crippen LogP contribution < -0.4 is 0 Å². The van der Waals surface area contributed by atoms with Crippen LogP contribution in [0.4, 0.5) is 0 Å². The molecule has 0 fully saturated rings. The molecule has 0 amide bonds. The Kier molecular flexibility index (Phi) is 5.54. The van der Waals surface area contributed by atoms with Gasteiger partial charge in [-0.3, -0.25) is 0 Å². The lowest BCUT2D eigenvalue weighted by atomic mass is 9.82. The lowest BCUT2D eigenvalue weighted by Crippen LogP contribution is -2.14. The molecule has 0 radical (unpaired) electrons. The van der Waals surface area contributed by atoms with Gasteiger partial charge in [0.05, 0.1) is 0 Å². The second kappa shape index (κ2) is 9.67. The topological polar surface area (TPSA) is 38.7 Å². The van der Waals surface area contributed by atoms with Crippen molar-refractivity contribution in [3.8, 4) is 45.3 Å². The molecule has 3 heteroatoms. The van der Waals surface area contributed by atoms with Crippen LogP contribution >= 0.6 is 0 Å². The van der Waals surface area contributed by atoms with Gasteiger partial charge in [0.2, 0.25) is 0 Å². The van der Waals surface area contributed by atoms with Gasteiger partial charge in [0.1, 0.15) is 0 Å². The highest BCUT2D eigenvalue weighted by molar-refractivity contribution is 6.03. The first-order valence-electron chi connectivity index (χ1n) is 15.5. The number of hydrogen-bond donors (Lipinski definition) is 0. The number of fused-ring (bicyclic) bond motifs is 7. The van der Waals surface area contributed by atoms with Crippen molar-refractivity contribution in [2.45, 2.75) is 19.3 Å². The van der Waals surface area contributed by atoms with E-state index in [-0.39, 0.29) is 5.41 Å². The van der Waals surface area contributed by atoms with E-state index in [0.29, 0.717) is 17.5 Å². The maximum atomic E-state index is 5.13. The zero-order valence-electron chi connectivity index (χ0n) is 25.1. The molecule has 212 valence electrons. The first kappa shape index (κ1) is 25.8. The average Bonchev–Trinajstić information content (AvgIpc) is 3.33. The van der Waals surface area contributed by atoms with Crippen molar-refractivity contribution in [2.75, 3.05) is 0 Å². The molecule has 0 saturated heterocycles. The predicted octanol–water partition coefficient (Wildman–Crippen LogP) is 10.6. The van der Waals surface area contributed by atoms with Crippen molar-refractivity contribution in [2.24, 2.45) is 0 Å². The molecular formula is C42H29N3. The van der Waals surface area contributed by atoms with Crippen LogP contribution in [0.15, 0.2) is 140 Å². The molecule has 0 saturated carbocycles. The second-order valence-electron chi connectivity index (χ2n) is 12.5. The lowest BCUT2D eigenvalue weighted by Gasteiger charge is -2.21. The monoisotopic (exact) mass is 575 g/mol. The van der Waals surface area contributed by atoms with E-state index in [1.54, 1.807) is 0 Å². The van der Waals surface area contributed by atoms with E-state index in [2.05, 4.69) is 153 Å². The first-order valence-corrected chi connectivity index (χ1v) is 15.5. The molecule has 1 heterocycles. The minimum Gasteiger partial charge on any atom is -0.208 e. The van der Waals surface area contributed by atoms with Crippen LogP contribution in [0.25, 0.3) is 77.6 Å². The Bertz CT molecular complexity index is 2470. The maximum Gasteiger partial charge on any atom is 0.164 e. The standard InChI is InChI=1S/C42H29N3/c1-42(2)36-17-8-7-15-35(36)38-33-22-20-31(25-29(33)21-23-37(38)42)40-43-39(30-19-18-26-10-3-4-12-28(26)24-30)44-41(45-40)34-16-9-13-27-11-5-6-14-32(27)34/h3-25H,1-2H3. The minimum absolute atomic E-state index is 0.0326. The third-order valence-electron chi connectivity index (χ3n) is 9.49. The molecule has 0 spiro atoms. The van der Waals surface area contributed by atoms with Gasteiger partial charge >= 0.3 is 0 Å². The summed E-state index contributed by atoms with van der Waals surface area (Å²) in [4.78, 5) is 15.3. The van der Waals surface area contributed by atoms with Gasteiger partial charge in [0.15, 0.2) is 17.5 Å². The Labute approximate surface area is 261 Å². The number of benzene rings is 7. The Morgan fingerprint density at radius 2 is 1.00 bits per heavy atom. The quantitative estimate of drug-likeness (QED) is 0.210. The summed E-state index contributed by atoms with van der Waals surface area (Å²) in [5.41, 5.74) is 8.33. The molecule has 0 N–H and O–H groups in total. The first-order chi connectivity index (χ1) is 22.0. The molecule has 1 aromatic heterocycles. The maximum absolute atomic E-state index is 5.13. The van der Waals surface area contributed by atoms with Gasteiger partial charge in [0, 0.05) is 22.1 Å². The third-order valence-corrected chi connectivity index (χ3v) is 9.49. The van der Waals surface area contributed by atoms with E-state index >= 15 is 0 Å². The van der Waals surface area contributed by atoms with E-state index in [1.807, 2.05) is 0 Å². The van der Waals surface area contributed by atoms with Crippen LogP contribution in [0, 0.1) is 0 Å². The summed E-state index contributed by atoms with van der Waals surface area (Å²) in [6.07, 6.45) is 0. The lowest BCUT2D eigenvalue weighted by molar-refractivity contribution is 0.661. The van der Waals surface area contributed by atoms with E-state index in [0.717, 1.165) is 32.8 Å². The molecule has 3 nitrogen and oxygen atoms in total. The van der Waals surface area contributed by atoms with Crippen LogP contribution in [0.1, 0.15) is 25.0 Å². The summed E-state index contributed by atoms with van der Waals surface area (Å²) in [6, 6.07) is 49.6. The molecule has 8 aromatic rings. The Balaban J connectivity index is 1.26. The number of rotatable bonds is 3. The van der Waals surface area contributed by atoms with E-state index in [9.17, 15) is 0 Å². The van der Waals surface area contributed by atoms with Gasteiger partial charge in [-0.25, -0.2) is 15.0 Å². The van der Waals surface area contributed by atoms with E-state index in [1.165, 1.54) is 38.4 Å². The largest absolute Gasteiger partial charge is 0.208 e. The van der Waals surface area contributed by atoms with Gasteiger partial charge in [0.25, 0.3) is 0 Å². The Morgan fingerprint density at radius 3 is 1.84 bits per heavy atom. The summed E-state index contributed by atoms with van der Waals surface area (Å²) in [5, 5.41) is 7.07. The number of nitrogens with zero attached hydrogens (tertiary/aromatic N) is 3. The van der Waals surface area contributed by atoms with Crippen molar-refractivity contribution in [1.29, 1.82) is 0 Å². The summed E-state index contributed by atoms with van der Waals surface area (Å²) in [5.74, 6) is 2.00. The minimum atomic E-state index is -0.0326. The fourth-order valence-electron chi connectivity index (χ4n) is 7.17. The summed E-state index contributed by atoms with van der Waals surface area (Å²) in [6.45, 7) is 4.65. The smallest absolute Gasteiger partial charge is 0.164 e. The van der Waals surface area contributed by atoms with Crippen LogP contribution in [-0.2, 0) is 5.41 Å². The highest BCUT2D eigenvalue weighted by Crippen LogP contribution is 2.51. The number of hydrogen-bond acceptors (Lipinski definition) is 3. The number of aromatic nitrogens is 3. The van der Waals surface area contributed by atoms with E-state index < -0.39 is 0 Å². The molecule has 0 atom stereocenters. The van der Waals surface area contributed by atoms with Gasteiger partial charge in [-0.05, 0) is 66.7 Å². The molecule has 0 aliphatic heterocycles. The van der Waals surface area contributed by atoms with E-state index in [4.69, 9.17) is 15.0 Å². The molecule has 1 aliphatic carbocycles. The molecular weight excluding hydrogens is 546 g/mol. The Morgan fingerprint density at radius 1 is 0.400 bits per heavy atom. The second-order valence-corrected chi connectivity index (χ2v) is 12.5. The van der Waals surface area contributed by atoms with Gasteiger partial charge in [-0.1, -0.05) is 141 Å². The third kappa shape index (κ3) is 4.01. The van der Waals surface area contributed by atoms with Crippen molar-refractivity contribution < 1.29 is 0 Å². The molecule has 45 heavy (non-hydrogen) atoms.